The van der Waals surface area contributed by atoms with E-state index in [1.165, 1.54) is 22.8 Å². The van der Waals surface area contributed by atoms with Gasteiger partial charge in [0.2, 0.25) is 11.3 Å². The third kappa shape index (κ3) is 6.50. The number of hydrogen-bond donors (Lipinski definition) is 2. The van der Waals surface area contributed by atoms with Gasteiger partial charge in [-0.05, 0) is 31.5 Å². The zero-order chi connectivity index (χ0) is 34.2. The monoisotopic (exact) mass is 677 g/mol. The van der Waals surface area contributed by atoms with Gasteiger partial charge in [0.25, 0.3) is 11.8 Å². The summed E-state index contributed by atoms with van der Waals surface area (Å²) >= 11 is 6.05. The summed E-state index contributed by atoms with van der Waals surface area (Å²) in [7, 11) is 1.22. The van der Waals surface area contributed by atoms with Crippen LogP contribution in [0.25, 0.3) is 11.2 Å². The van der Waals surface area contributed by atoms with Crippen molar-refractivity contribution in [2.75, 3.05) is 43.5 Å². The van der Waals surface area contributed by atoms with Gasteiger partial charge in [0.05, 0.1) is 35.3 Å². The number of halogens is 5. The number of alkyl halides is 3. The van der Waals surface area contributed by atoms with Crippen LogP contribution in [0.4, 0.5) is 28.9 Å². The molecule has 3 aromatic heterocycles. The van der Waals surface area contributed by atoms with Crippen molar-refractivity contribution in [3.05, 3.63) is 74.2 Å². The first kappa shape index (κ1) is 33.4. The predicted molar refractivity (Wildman–Crippen MR) is 164 cm³/mol. The fourth-order valence-corrected chi connectivity index (χ4v) is 5.63. The molecule has 1 aliphatic rings. The van der Waals surface area contributed by atoms with E-state index in [0.29, 0.717) is 17.5 Å². The zero-order valence-corrected chi connectivity index (χ0v) is 26.0. The maximum atomic E-state index is 14.5. The maximum Gasteiger partial charge on any atom is 0.416 e. The van der Waals surface area contributed by atoms with Gasteiger partial charge in [-0.1, -0.05) is 18.5 Å². The number of piperazine rings is 1. The molecule has 0 radical (unpaired) electrons. The fourth-order valence-electron chi connectivity index (χ4n) is 5.40. The molecule has 1 saturated heterocycles. The topological polar surface area (TPSA) is 143 Å². The molecule has 4 aromatic rings. The molecule has 47 heavy (non-hydrogen) atoms. The van der Waals surface area contributed by atoms with Crippen LogP contribution in [0.2, 0.25) is 5.02 Å². The third-order valence-electron chi connectivity index (χ3n) is 7.63. The van der Waals surface area contributed by atoms with Crippen molar-refractivity contribution in [2.24, 2.45) is 0 Å². The lowest BCUT2D eigenvalue weighted by molar-refractivity contribution is -0.137. The van der Waals surface area contributed by atoms with Crippen molar-refractivity contribution in [3.8, 4) is 11.6 Å². The lowest BCUT2D eigenvalue weighted by Crippen LogP contribution is -2.50. The minimum atomic E-state index is -4.62. The van der Waals surface area contributed by atoms with Gasteiger partial charge in [0, 0.05) is 38.1 Å². The normalized spacial score (nSPS) is 13.6. The molecule has 0 unspecified atom stereocenters. The number of methoxy groups -OCH3 is 1. The Morgan fingerprint density at radius 2 is 1.83 bits per heavy atom. The Bertz CT molecular complexity index is 1950. The highest BCUT2D eigenvalue weighted by atomic mass is 35.5. The first-order chi connectivity index (χ1) is 22.2. The Morgan fingerprint density at radius 3 is 2.45 bits per heavy atom. The number of aryl methyl sites for hydroxylation is 1. The van der Waals surface area contributed by atoms with Gasteiger partial charge in [-0.2, -0.15) is 13.2 Å². The molecular formula is C30H28ClF4N7O5. The van der Waals surface area contributed by atoms with Gasteiger partial charge in [0.15, 0.2) is 22.7 Å². The number of benzene rings is 1. The minimum absolute atomic E-state index is 0.0162. The lowest BCUT2D eigenvalue weighted by atomic mass is 10.1. The second-order valence-electron chi connectivity index (χ2n) is 10.6. The Morgan fingerprint density at radius 1 is 1.13 bits per heavy atom. The first-order valence-electron chi connectivity index (χ1n) is 14.3. The largest absolute Gasteiger partial charge is 0.502 e. The van der Waals surface area contributed by atoms with Gasteiger partial charge < -0.3 is 29.5 Å². The SMILES string of the molecule is CCc1c(N2CCN(C(=O)c3c(F)cnc(OC)c3O)CC2)c(=O)c2ncc(C)nc2n1CC(=O)Nc1ccc(C(F)(F)F)cc1Cl. The van der Waals surface area contributed by atoms with E-state index >= 15 is 0 Å². The Kier molecular flexibility index (Phi) is 9.25. The highest BCUT2D eigenvalue weighted by Crippen LogP contribution is 2.34. The number of amides is 2. The van der Waals surface area contributed by atoms with E-state index in [2.05, 4.69) is 20.3 Å². The number of nitrogens with zero attached hydrogens (tertiary/aromatic N) is 6. The molecule has 0 saturated carbocycles. The second-order valence-corrected chi connectivity index (χ2v) is 11.0. The summed E-state index contributed by atoms with van der Waals surface area (Å²) in [4.78, 5) is 55.8. The summed E-state index contributed by atoms with van der Waals surface area (Å²) in [6, 6.07) is 2.56. The van der Waals surface area contributed by atoms with Gasteiger partial charge in [0.1, 0.15) is 17.8 Å². The number of carbonyl (C=O) groups excluding carboxylic acids is 2. The van der Waals surface area contributed by atoms with Gasteiger partial charge in [-0.15, -0.1) is 0 Å². The quantitative estimate of drug-likeness (QED) is 0.276. The van der Waals surface area contributed by atoms with E-state index in [4.69, 9.17) is 16.3 Å². The lowest BCUT2D eigenvalue weighted by Gasteiger charge is -2.37. The van der Waals surface area contributed by atoms with Crippen LogP contribution in [0.3, 0.4) is 0 Å². The number of rotatable bonds is 7. The van der Waals surface area contributed by atoms with Crippen molar-refractivity contribution in [3.63, 3.8) is 0 Å². The molecule has 0 bridgehead atoms. The first-order valence-corrected chi connectivity index (χ1v) is 14.6. The van der Waals surface area contributed by atoms with Crippen molar-refractivity contribution < 1.29 is 37.0 Å². The molecule has 0 aliphatic carbocycles. The molecule has 2 amide bonds. The van der Waals surface area contributed by atoms with Crippen LogP contribution in [-0.2, 0) is 23.9 Å². The molecule has 1 aromatic carbocycles. The highest BCUT2D eigenvalue weighted by molar-refractivity contribution is 6.33. The van der Waals surface area contributed by atoms with E-state index in [0.717, 1.165) is 18.3 Å². The summed E-state index contributed by atoms with van der Waals surface area (Å²) in [5.74, 6) is -3.49. The summed E-state index contributed by atoms with van der Waals surface area (Å²) in [6.45, 7) is 3.43. The molecule has 2 N–H and O–H groups in total. The smallest absolute Gasteiger partial charge is 0.416 e. The van der Waals surface area contributed by atoms with Crippen molar-refractivity contribution >= 4 is 46.0 Å². The summed E-state index contributed by atoms with van der Waals surface area (Å²) in [6.07, 6.45) is -2.17. The van der Waals surface area contributed by atoms with Gasteiger partial charge in [-0.3, -0.25) is 14.4 Å². The molecule has 248 valence electrons. The molecule has 17 heteroatoms. The Hall–Kier alpha value is -4.99. The molecule has 0 spiro atoms. The number of aromatic hydroxyl groups is 1. The van der Waals surface area contributed by atoms with E-state index in [-0.39, 0.29) is 72.6 Å². The van der Waals surface area contributed by atoms with E-state index < -0.39 is 46.1 Å². The standard InChI is InChI=1S/C30H28ClF4N7O5/c1-4-20-24(40-7-9-41(10-8-40)29(46)22-18(32)13-37-28(47-3)25(22)44)26(45)23-27(38-15(2)12-36-23)42(20)14-21(43)39-19-6-5-16(11-17(19)31)30(33,34)35/h5-6,11-13,44H,4,7-10,14H2,1-3H3,(H,39,43). The molecule has 12 nitrogen and oxygen atoms in total. The number of anilines is 2. The Balaban J connectivity index is 1.46. The number of pyridine rings is 2. The van der Waals surface area contributed by atoms with Gasteiger partial charge >= 0.3 is 6.18 Å². The predicted octanol–water partition coefficient (Wildman–Crippen LogP) is 4.18. The van der Waals surface area contributed by atoms with Gasteiger partial charge in [-0.25, -0.2) is 19.3 Å². The highest BCUT2D eigenvalue weighted by Gasteiger charge is 2.33. The van der Waals surface area contributed by atoms with E-state index in [1.807, 2.05) is 0 Å². The fraction of sp³-hybridized carbons (Fsp3) is 0.333. The average molecular weight is 678 g/mol. The van der Waals surface area contributed by atoms with Crippen LogP contribution >= 0.6 is 11.6 Å². The minimum Gasteiger partial charge on any atom is -0.502 e. The molecule has 0 atom stereocenters. The summed E-state index contributed by atoms with van der Waals surface area (Å²) < 4.78 is 60.2. The van der Waals surface area contributed by atoms with Crippen LogP contribution < -0.4 is 20.4 Å². The van der Waals surface area contributed by atoms with Crippen LogP contribution in [-0.4, -0.2) is 74.6 Å². The second kappa shape index (κ2) is 13.0. The van der Waals surface area contributed by atoms with Crippen LogP contribution in [0, 0.1) is 12.7 Å². The van der Waals surface area contributed by atoms with Crippen molar-refractivity contribution in [1.82, 2.24) is 24.4 Å². The number of aromatic nitrogens is 4. The third-order valence-corrected chi connectivity index (χ3v) is 7.94. The molecule has 4 heterocycles. The average Bonchev–Trinajstić information content (AvgIpc) is 3.02. The molecule has 1 aliphatic heterocycles. The van der Waals surface area contributed by atoms with E-state index in [1.54, 1.807) is 18.7 Å². The number of carbonyl (C=O) groups is 2. The maximum absolute atomic E-state index is 14.5. The molecular weight excluding hydrogens is 650 g/mol. The molecule has 5 rings (SSSR count). The number of ether oxygens (including phenoxy) is 1. The van der Waals surface area contributed by atoms with Crippen LogP contribution in [0.1, 0.15) is 34.2 Å². The number of nitrogens with one attached hydrogen (secondary N) is 1. The summed E-state index contributed by atoms with van der Waals surface area (Å²) in [5, 5.41) is 12.6. The van der Waals surface area contributed by atoms with Crippen molar-refractivity contribution in [2.45, 2.75) is 33.0 Å². The number of fused-ring (bicyclic) bond motifs is 1. The zero-order valence-electron chi connectivity index (χ0n) is 25.3. The van der Waals surface area contributed by atoms with E-state index in [9.17, 15) is 37.1 Å². The Labute approximate surface area is 269 Å². The van der Waals surface area contributed by atoms with Crippen molar-refractivity contribution in [1.29, 1.82) is 0 Å². The molecule has 1 fully saturated rings. The number of hydrogen-bond acceptors (Lipinski definition) is 9. The van der Waals surface area contributed by atoms with Crippen LogP contribution in [0.5, 0.6) is 11.6 Å². The van der Waals surface area contributed by atoms with Crippen LogP contribution in [0.15, 0.2) is 35.4 Å². The summed E-state index contributed by atoms with van der Waals surface area (Å²) in [5.41, 5.74) is -0.796.